The zero-order valence-electron chi connectivity index (χ0n) is 11.4. The number of nitrogens with one attached hydrogen (secondary N) is 1. The molecule has 0 bridgehead atoms. The van der Waals surface area contributed by atoms with Gasteiger partial charge in [0.15, 0.2) is 0 Å². The number of aryl methyl sites for hydroxylation is 1. The van der Waals surface area contributed by atoms with Crippen LogP contribution in [0.4, 0.5) is 15.8 Å². The van der Waals surface area contributed by atoms with Gasteiger partial charge in [-0.15, -0.1) is 0 Å². The van der Waals surface area contributed by atoms with E-state index in [4.69, 9.17) is 0 Å². The molecule has 1 aromatic heterocycles. The third kappa shape index (κ3) is 3.99. The van der Waals surface area contributed by atoms with Crippen LogP contribution < -0.4 is 5.32 Å². The van der Waals surface area contributed by atoms with E-state index in [0.29, 0.717) is 11.3 Å². The predicted octanol–water partition coefficient (Wildman–Crippen LogP) is 1.71. The van der Waals surface area contributed by atoms with Crippen LogP contribution in [0.25, 0.3) is 0 Å². The minimum absolute atomic E-state index is 0.121. The number of rotatable bonds is 6. The molecule has 0 spiro atoms. The molecule has 1 heterocycles. The van der Waals surface area contributed by atoms with Crippen molar-refractivity contribution in [1.82, 2.24) is 9.78 Å². The monoisotopic (exact) mass is 294 g/mol. The number of benzene rings is 1. The number of nitrogens with zero attached hydrogens (tertiary/aromatic N) is 3. The summed E-state index contributed by atoms with van der Waals surface area (Å²) in [5, 5.41) is 27.2. The first-order valence-electron chi connectivity index (χ1n) is 6.30. The standard InChI is InChI=1S/C13H15FN4O3/c1-9-4-10(2-3-13(9)14)15-6-12(19)8-17-7-11(5-16-17)18(20)21/h2-5,7,12,15,19H,6,8H2,1H3. The topological polar surface area (TPSA) is 93.2 Å². The van der Waals surface area contributed by atoms with Crippen molar-refractivity contribution in [3.63, 3.8) is 0 Å². The molecule has 2 N–H and O–H groups in total. The number of aliphatic hydroxyl groups excluding tert-OH is 1. The molecule has 0 radical (unpaired) electrons. The van der Waals surface area contributed by atoms with E-state index in [1.165, 1.54) is 16.9 Å². The summed E-state index contributed by atoms with van der Waals surface area (Å²) < 4.78 is 14.4. The molecule has 0 saturated heterocycles. The van der Waals surface area contributed by atoms with Crippen molar-refractivity contribution >= 4 is 11.4 Å². The number of hydrogen-bond acceptors (Lipinski definition) is 5. The molecule has 8 heteroatoms. The highest BCUT2D eigenvalue weighted by Gasteiger charge is 2.12. The van der Waals surface area contributed by atoms with E-state index in [0.717, 1.165) is 6.20 Å². The lowest BCUT2D eigenvalue weighted by atomic mass is 10.2. The Kier molecular flexibility index (Phi) is 4.49. The Labute approximate surface area is 120 Å². The second-order valence-electron chi connectivity index (χ2n) is 4.68. The van der Waals surface area contributed by atoms with E-state index < -0.39 is 11.0 Å². The van der Waals surface area contributed by atoms with Crippen LogP contribution in [0.2, 0.25) is 0 Å². The van der Waals surface area contributed by atoms with E-state index >= 15 is 0 Å². The number of aliphatic hydroxyl groups is 1. The molecule has 7 nitrogen and oxygen atoms in total. The van der Waals surface area contributed by atoms with Crippen LogP contribution in [-0.4, -0.2) is 32.5 Å². The minimum atomic E-state index is -0.783. The SMILES string of the molecule is Cc1cc(NCC(O)Cn2cc([N+](=O)[O-])cn2)ccc1F. The molecule has 21 heavy (non-hydrogen) atoms. The molecule has 1 atom stereocenters. The Morgan fingerprint density at radius 1 is 1.57 bits per heavy atom. The summed E-state index contributed by atoms with van der Waals surface area (Å²) in [5.41, 5.74) is 1.08. The van der Waals surface area contributed by atoms with Gasteiger partial charge in [0.25, 0.3) is 0 Å². The summed E-state index contributed by atoms with van der Waals surface area (Å²) in [6, 6.07) is 4.57. The van der Waals surface area contributed by atoms with Crippen molar-refractivity contribution in [3.05, 3.63) is 52.1 Å². The summed E-state index contributed by atoms with van der Waals surface area (Å²) in [6.45, 7) is 2.00. The van der Waals surface area contributed by atoms with Gasteiger partial charge in [0, 0.05) is 12.2 Å². The molecule has 0 aliphatic heterocycles. The summed E-state index contributed by atoms with van der Waals surface area (Å²) >= 11 is 0. The van der Waals surface area contributed by atoms with Gasteiger partial charge in [-0.25, -0.2) is 4.39 Å². The van der Waals surface area contributed by atoms with Gasteiger partial charge in [-0.05, 0) is 30.7 Å². The molecule has 1 aromatic carbocycles. The Balaban J connectivity index is 1.87. The maximum atomic E-state index is 13.1. The van der Waals surface area contributed by atoms with Crippen LogP contribution in [0.5, 0.6) is 0 Å². The van der Waals surface area contributed by atoms with E-state index in [9.17, 15) is 19.6 Å². The predicted molar refractivity (Wildman–Crippen MR) is 74.5 cm³/mol. The third-order valence-electron chi connectivity index (χ3n) is 2.93. The van der Waals surface area contributed by atoms with Crippen LogP contribution in [0.15, 0.2) is 30.6 Å². The fourth-order valence-corrected chi connectivity index (χ4v) is 1.82. The van der Waals surface area contributed by atoms with Crippen LogP contribution in [-0.2, 0) is 6.54 Å². The lowest BCUT2D eigenvalue weighted by Crippen LogP contribution is -2.25. The van der Waals surface area contributed by atoms with Gasteiger partial charge in [0.1, 0.15) is 18.2 Å². The molecular formula is C13H15FN4O3. The highest BCUT2D eigenvalue weighted by molar-refractivity contribution is 5.45. The number of nitro groups is 1. The van der Waals surface area contributed by atoms with E-state index in [1.807, 2.05) is 0 Å². The average molecular weight is 294 g/mol. The third-order valence-corrected chi connectivity index (χ3v) is 2.93. The first-order chi connectivity index (χ1) is 9.95. The normalized spacial score (nSPS) is 12.1. The largest absolute Gasteiger partial charge is 0.389 e. The van der Waals surface area contributed by atoms with E-state index in [2.05, 4.69) is 10.4 Å². The summed E-state index contributed by atoms with van der Waals surface area (Å²) in [6.07, 6.45) is 1.60. The quantitative estimate of drug-likeness (QED) is 0.625. The Hall–Kier alpha value is -2.48. The maximum absolute atomic E-state index is 13.1. The van der Waals surface area contributed by atoms with Crippen LogP contribution >= 0.6 is 0 Å². The fraction of sp³-hybridized carbons (Fsp3) is 0.308. The smallest absolute Gasteiger partial charge is 0.306 e. The van der Waals surface area contributed by atoms with Gasteiger partial charge >= 0.3 is 5.69 Å². The number of halogens is 1. The van der Waals surface area contributed by atoms with E-state index in [1.54, 1.807) is 19.1 Å². The zero-order chi connectivity index (χ0) is 15.4. The van der Waals surface area contributed by atoms with Gasteiger partial charge in [-0.3, -0.25) is 14.8 Å². The lowest BCUT2D eigenvalue weighted by Gasteiger charge is -2.13. The second-order valence-corrected chi connectivity index (χ2v) is 4.68. The van der Waals surface area contributed by atoms with Crippen molar-refractivity contribution in [3.8, 4) is 0 Å². The Morgan fingerprint density at radius 2 is 2.33 bits per heavy atom. The highest BCUT2D eigenvalue weighted by atomic mass is 19.1. The lowest BCUT2D eigenvalue weighted by molar-refractivity contribution is -0.385. The Morgan fingerprint density at radius 3 is 2.95 bits per heavy atom. The Bertz CT molecular complexity index is 644. The number of hydrogen-bond donors (Lipinski definition) is 2. The highest BCUT2D eigenvalue weighted by Crippen LogP contribution is 2.14. The van der Waals surface area contributed by atoms with Gasteiger partial charge < -0.3 is 10.4 Å². The van der Waals surface area contributed by atoms with Gasteiger partial charge in [-0.1, -0.05) is 0 Å². The molecule has 2 aromatic rings. The van der Waals surface area contributed by atoms with Crippen molar-refractivity contribution in [2.45, 2.75) is 19.6 Å². The number of aromatic nitrogens is 2. The van der Waals surface area contributed by atoms with Crippen molar-refractivity contribution in [2.75, 3.05) is 11.9 Å². The van der Waals surface area contributed by atoms with Crippen LogP contribution in [0.3, 0.4) is 0 Å². The molecule has 0 fully saturated rings. The molecule has 0 aliphatic rings. The van der Waals surface area contributed by atoms with Crippen molar-refractivity contribution in [1.29, 1.82) is 0 Å². The molecule has 2 rings (SSSR count). The molecular weight excluding hydrogens is 279 g/mol. The summed E-state index contributed by atoms with van der Waals surface area (Å²) in [4.78, 5) is 9.97. The fourth-order valence-electron chi connectivity index (χ4n) is 1.82. The summed E-state index contributed by atoms with van der Waals surface area (Å²) in [5.74, 6) is -0.287. The van der Waals surface area contributed by atoms with Crippen LogP contribution in [0.1, 0.15) is 5.56 Å². The molecule has 0 saturated carbocycles. The summed E-state index contributed by atoms with van der Waals surface area (Å²) in [7, 11) is 0. The first kappa shape index (κ1) is 14.9. The average Bonchev–Trinajstić information content (AvgIpc) is 2.89. The van der Waals surface area contributed by atoms with Gasteiger partial charge in [0.05, 0.1) is 17.6 Å². The molecule has 112 valence electrons. The molecule has 0 amide bonds. The first-order valence-corrected chi connectivity index (χ1v) is 6.30. The van der Waals surface area contributed by atoms with E-state index in [-0.39, 0.29) is 24.6 Å². The molecule has 1 unspecified atom stereocenters. The zero-order valence-corrected chi connectivity index (χ0v) is 11.4. The number of anilines is 1. The van der Waals surface area contributed by atoms with Crippen molar-refractivity contribution < 1.29 is 14.4 Å². The van der Waals surface area contributed by atoms with Crippen molar-refractivity contribution in [2.24, 2.45) is 0 Å². The van der Waals surface area contributed by atoms with Gasteiger partial charge in [0.2, 0.25) is 0 Å². The minimum Gasteiger partial charge on any atom is -0.389 e. The maximum Gasteiger partial charge on any atom is 0.306 e. The second kappa shape index (κ2) is 6.31. The molecule has 0 aliphatic carbocycles. The van der Waals surface area contributed by atoms with Gasteiger partial charge in [-0.2, -0.15) is 5.10 Å². The van der Waals surface area contributed by atoms with Crippen LogP contribution in [0, 0.1) is 22.9 Å².